The van der Waals surface area contributed by atoms with Crippen LogP contribution in [-0.2, 0) is 10.5 Å². The van der Waals surface area contributed by atoms with Gasteiger partial charge in [0.25, 0.3) is 0 Å². The van der Waals surface area contributed by atoms with Crippen LogP contribution >= 0.6 is 15.9 Å². The lowest BCUT2D eigenvalue weighted by molar-refractivity contribution is -0.0856. The van der Waals surface area contributed by atoms with Crippen LogP contribution in [0.4, 0.5) is 0 Å². The topological polar surface area (TPSA) is 30.8 Å². The fourth-order valence-corrected chi connectivity index (χ4v) is 3.85. The number of fused-ring (bicyclic) bond motifs is 1. The van der Waals surface area contributed by atoms with Crippen molar-refractivity contribution < 1.29 is 9.47 Å². The Morgan fingerprint density at radius 1 is 0.821 bits per heavy atom. The van der Waals surface area contributed by atoms with Gasteiger partial charge in [-0.1, -0.05) is 64.5 Å². The van der Waals surface area contributed by atoms with Gasteiger partial charge in [0.05, 0.1) is 16.7 Å². The van der Waals surface area contributed by atoms with Gasteiger partial charge < -0.3 is 9.47 Å². The largest absolute Gasteiger partial charge is 0.444 e. The van der Waals surface area contributed by atoms with E-state index in [2.05, 4.69) is 36.7 Å². The molecule has 142 valence electrons. The highest BCUT2D eigenvalue weighted by Crippen LogP contribution is 2.46. The quantitative estimate of drug-likeness (QED) is 0.482. The molecule has 4 heteroatoms. The summed E-state index contributed by atoms with van der Waals surface area (Å²) in [6.45, 7) is 6.17. The van der Waals surface area contributed by atoms with E-state index in [-0.39, 0.29) is 5.54 Å². The van der Waals surface area contributed by atoms with E-state index in [9.17, 15) is 0 Å². The standard InChI is InChI=1S/C24H22BrNO2/c1-23(2,3)26-22-18-13-7-8-14-19(18)24(28-22,20-15-9-10-16-21(20)25)27-17-11-5-4-6-12-17/h4-16H,1-3H3. The smallest absolute Gasteiger partial charge is 0.308 e. The van der Waals surface area contributed by atoms with Crippen LogP contribution in [0.3, 0.4) is 0 Å². The van der Waals surface area contributed by atoms with Crippen LogP contribution in [0.2, 0.25) is 0 Å². The minimum atomic E-state index is -1.12. The van der Waals surface area contributed by atoms with Crippen LogP contribution in [0, 0.1) is 0 Å². The molecule has 1 aliphatic rings. The summed E-state index contributed by atoms with van der Waals surface area (Å²) in [6, 6.07) is 25.8. The maximum Gasteiger partial charge on any atom is 0.308 e. The first-order valence-corrected chi connectivity index (χ1v) is 10.1. The molecule has 1 heterocycles. The molecule has 0 aromatic heterocycles. The van der Waals surface area contributed by atoms with Gasteiger partial charge in [-0.15, -0.1) is 0 Å². The van der Waals surface area contributed by atoms with Gasteiger partial charge in [0.2, 0.25) is 5.90 Å². The zero-order chi connectivity index (χ0) is 19.8. The fourth-order valence-electron chi connectivity index (χ4n) is 3.30. The normalized spacial score (nSPS) is 19.9. The highest BCUT2D eigenvalue weighted by atomic mass is 79.9. The van der Waals surface area contributed by atoms with E-state index in [1.165, 1.54) is 0 Å². The van der Waals surface area contributed by atoms with Crippen molar-refractivity contribution in [1.82, 2.24) is 0 Å². The van der Waals surface area contributed by atoms with Crippen molar-refractivity contribution >= 4 is 21.8 Å². The number of benzene rings is 3. The van der Waals surface area contributed by atoms with Gasteiger partial charge in [0.15, 0.2) is 0 Å². The molecule has 0 radical (unpaired) electrons. The number of hydrogen-bond donors (Lipinski definition) is 0. The SMILES string of the molecule is CC(C)(C)N=C1OC(Oc2ccccc2)(c2ccccc2Br)c2ccccc21. The van der Waals surface area contributed by atoms with E-state index in [0.29, 0.717) is 5.90 Å². The molecular formula is C24H22BrNO2. The highest BCUT2D eigenvalue weighted by molar-refractivity contribution is 9.10. The molecule has 0 spiro atoms. The summed E-state index contributed by atoms with van der Waals surface area (Å²) in [5, 5.41) is 0. The summed E-state index contributed by atoms with van der Waals surface area (Å²) in [5.41, 5.74) is 2.50. The summed E-state index contributed by atoms with van der Waals surface area (Å²) in [4.78, 5) is 4.84. The van der Waals surface area contributed by atoms with E-state index >= 15 is 0 Å². The predicted octanol–water partition coefficient (Wildman–Crippen LogP) is 6.30. The fraction of sp³-hybridized carbons (Fsp3) is 0.208. The van der Waals surface area contributed by atoms with E-state index in [1.54, 1.807) is 0 Å². The Morgan fingerprint density at radius 3 is 2.11 bits per heavy atom. The lowest BCUT2D eigenvalue weighted by atomic mass is 9.95. The molecule has 0 aliphatic carbocycles. The number of halogens is 1. The first kappa shape index (κ1) is 18.8. The molecule has 0 bridgehead atoms. The molecule has 1 atom stereocenters. The highest BCUT2D eigenvalue weighted by Gasteiger charge is 2.49. The van der Waals surface area contributed by atoms with Gasteiger partial charge in [0.1, 0.15) is 5.75 Å². The molecule has 1 unspecified atom stereocenters. The monoisotopic (exact) mass is 435 g/mol. The van der Waals surface area contributed by atoms with Crippen LogP contribution in [0.1, 0.15) is 37.5 Å². The van der Waals surface area contributed by atoms with Gasteiger partial charge in [-0.25, -0.2) is 4.99 Å². The van der Waals surface area contributed by atoms with Crippen molar-refractivity contribution in [3.63, 3.8) is 0 Å². The van der Waals surface area contributed by atoms with Crippen molar-refractivity contribution in [3.8, 4) is 5.75 Å². The summed E-state index contributed by atoms with van der Waals surface area (Å²) < 4.78 is 14.0. The number of nitrogens with zero attached hydrogens (tertiary/aromatic N) is 1. The predicted molar refractivity (Wildman–Crippen MR) is 116 cm³/mol. The minimum absolute atomic E-state index is 0.279. The molecule has 0 amide bonds. The minimum Gasteiger partial charge on any atom is -0.444 e. The third kappa shape index (κ3) is 3.45. The zero-order valence-corrected chi connectivity index (χ0v) is 17.7. The molecule has 3 nitrogen and oxygen atoms in total. The van der Waals surface area contributed by atoms with E-state index in [4.69, 9.17) is 14.5 Å². The first-order valence-electron chi connectivity index (χ1n) is 9.27. The lowest BCUT2D eigenvalue weighted by Gasteiger charge is -2.31. The van der Waals surface area contributed by atoms with Gasteiger partial charge in [0, 0.05) is 10.0 Å². The van der Waals surface area contributed by atoms with Crippen LogP contribution < -0.4 is 4.74 Å². The van der Waals surface area contributed by atoms with Gasteiger partial charge in [-0.2, -0.15) is 0 Å². The van der Waals surface area contributed by atoms with Gasteiger partial charge >= 0.3 is 5.79 Å². The Kier molecular flexibility index (Phi) is 4.76. The second-order valence-corrected chi connectivity index (χ2v) is 8.60. The average Bonchev–Trinajstić information content (AvgIpc) is 2.96. The maximum atomic E-state index is 6.57. The molecule has 1 aliphatic heterocycles. The third-order valence-corrected chi connectivity index (χ3v) is 5.11. The Morgan fingerprint density at radius 2 is 1.43 bits per heavy atom. The molecule has 0 saturated carbocycles. The van der Waals surface area contributed by atoms with Crippen LogP contribution in [0.15, 0.2) is 88.3 Å². The zero-order valence-electron chi connectivity index (χ0n) is 16.1. The Bertz CT molecular complexity index is 1020. The summed E-state index contributed by atoms with van der Waals surface area (Å²) in [7, 11) is 0. The number of rotatable bonds is 3. The first-order chi connectivity index (χ1) is 13.4. The molecule has 0 saturated heterocycles. The van der Waals surface area contributed by atoms with Gasteiger partial charge in [-0.05, 0) is 51.1 Å². The molecule has 0 N–H and O–H groups in total. The molecule has 4 rings (SSSR count). The van der Waals surface area contributed by atoms with Crippen LogP contribution in [0.25, 0.3) is 0 Å². The van der Waals surface area contributed by atoms with E-state index in [0.717, 1.165) is 26.9 Å². The van der Waals surface area contributed by atoms with Crippen molar-refractivity contribution in [2.45, 2.75) is 32.1 Å². The van der Waals surface area contributed by atoms with Crippen molar-refractivity contribution in [1.29, 1.82) is 0 Å². The van der Waals surface area contributed by atoms with Crippen molar-refractivity contribution in [2.24, 2.45) is 4.99 Å². The second-order valence-electron chi connectivity index (χ2n) is 7.75. The maximum absolute atomic E-state index is 6.57. The second kappa shape index (κ2) is 7.10. The van der Waals surface area contributed by atoms with E-state index in [1.807, 2.05) is 78.9 Å². The molecule has 3 aromatic carbocycles. The van der Waals surface area contributed by atoms with Crippen molar-refractivity contribution in [2.75, 3.05) is 0 Å². The summed E-state index contributed by atoms with van der Waals surface area (Å²) in [5.74, 6) is 0.196. The number of hydrogen-bond acceptors (Lipinski definition) is 3. The average molecular weight is 436 g/mol. The lowest BCUT2D eigenvalue weighted by Crippen LogP contribution is -2.35. The molecule has 3 aromatic rings. The van der Waals surface area contributed by atoms with Crippen molar-refractivity contribution in [3.05, 3.63) is 100 Å². The molecular weight excluding hydrogens is 414 g/mol. The Hall–Kier alpha value is -2.59. The summed E-state index contributed by atoms with van der Waals surface area (Å²) >= 11 is 3.69. The number of aliphatic imine (C=N–C) groups is 1. The Balaban J connectivity index is 1.96. The van der Waals surface area contributed by atoms with Crippen LogP contribution in [0.5, 0.6) is 5.75 Å². The Labute approximate surface area is 174 Å². The van der Waals surface area contributed by atoms with E-state index < -0.39 is 5.79 Å². The van der Waals surface area contributed by atoms with Crippen LogP contribution in [-0.4, -0.2) is 11.4 Å². The van der Waals surface area contributed by atoms with Gasteiger partial charge in [-0.3, -0.25) is 0 Å². The molecule has 0 fully saturated rings. The number of para-hydroxylation sites is 1. The third-order valence-electron chi connectivity index (χ3n) is 4.42. The summed E-state index contributed by atoms with van der Waals surface area (Å²) in [6.07, 6.45) is 0. The number of ether oxygens (including phenoxy) is 2. The molecule has 28 heavy (non-hydrogen) atoms.